The number of hydrogen-bond donors (Lipinski definition) is 1. The van der Waals surface area contributed by atoms with Gasteiger partial charge < -0.3 is 9.40 Å². The maximum absolute atomic E-state index is 12.4. The van der Waals surface area contributed by atoms with E-state index in [4.69, 9.17) is 4.42 Å². The zero-order chi connectivity index (χ0) is 12.6. The van der Waals surface area contributed by atoms with Crippen molar-refractivity contribution in [3.05, 3.63) is 36.7 Å². The van der Waals surface area contributed by atoms with Crippen LogP contribution in [0.15, 0.2) is 40.4 Å². The number of sulfonamides is 1. The van der Waals surface area contributed by atoms with E-state index < -0.39 is 10.0 Å². The van der Waals surface area contributed by atoms with Crippen LogP contribution in [0.25, 0.3) is 0 Å². The maximum Gasteiger partial charge on any atom is 0.260 e. The summed E-state index contributed by atoms with van der Waals surface area (Å²) in [5, 5.41) is 0.126. The molecule has 7 heteroatoms. The molecule has 6 nitrogen and oxygen atoms in total. The Balaban J connectivity index is 1.97. The Bertz CT molecular complexity index is 604. The summed E-state index contributed by atoms with van der Waals surface area (Å²) >= 11 is 0. The van der Waals surface area contributed by atoms with Crippen molar-refractivity contribution in [1.29, 1.82) is 0 Å². The Morgan fingerprint density at radius 2 is 2.39 bits per heavy atom. The van der Waals surface area contributed by atoms with E-state index in [9.17, 15) is 8.42 Å². The van der Waals surface area contributed by atoms with Crippen LogP contribution in [0.2, 0.25) is 0 Å². The number of H-pyrrole nitrogens is 1. The molecule has 0 aromatic carbocycles. The fourth-order valence-electron chi connectivity index (χ4n) is 2.30. The van der Waals surface area contributed by atoms with E-state index in [0.717, 1.165) is 12.8 Å². The van der Waals surface area contributed by atoms with Crippen molar-refractivity contribution in [2.75, 3.05) is 6.54 Å². The van der Waals surface area contributed by atoms with Gasteiger partial charge >= 0.3 is 0 Å². The van der Waals surface area contributed by atoms with Crippen molar-refractivity contribution >= 4 is 10.0 Å². The normalized spacial score (nSPS) is 21.4. The molecule has 2 aromatic heterocycles. The van der Waals surface area contributed by atoms with Gasteiger partial charge in [-0.25, -0.2) is 13.4 Å². The number of furan rings is 1. The third-order valence-electron chi connectivity index (χ3n) is 3.14. The molecule has 1 N–H and O–H groups in total. The van der Waals surface area contributed by atoms with Gasteiger partial charge in [-0.2, -0.15) is 4.31 Å². The molecule has 0 radical (unpaired) electrons. The Morgan fingerprint density at radius 1 is 1.50 bits per heavy atom. The molecule has 1 atom stereocenters. The van der Waals surface area contributed by atoms with E-state index in [1.165, 1.54) is 16.8 Å². The second-order valence-electron chi connectivity index (χ2n) is 4.21. The van der Waals surface area contributed by atoms with Gasteiger partial charge in [0.1, 0.15) is 5.76 Å². The summed E-state index contributed by atoms with van der Waals surface area (Å²) in [5.41, 5.74) is 0. The van der Waals surface area contributed by atoms with Gasteiger partial charge in [0, 0.05) is 6.54 Å². The molecule has 0 aliphatic carbocycles. The Morgan fingerprint density at radius 3 is 3.06 bits per heavy atom. The van der Waals surface area contributed by atoms with Crippen molar-refractivity contribution in [1.82, 2.24) is 14.3 Å². The first-order valence-electron chi connectivity index (χ1n) is 5.73. The number of aromatic nitrogens is 2. The Kier molecular flexibility index (Phi) is 2.71. The summed E-state index contributed by atoms with van der Waals surface area (Å²) in [6.45, 7) is 0.507. The minimum atomic E-state index is -3.52. The monoisotopic (exact) mass is 267 g/mol. The smallest absolute Gasteiger partial charge is 0.260 e. The van der Waals surface area contributed by atoms with E-state index in [1.807, 2.05) is 6.07 Å². The van der Waals surface area contributed by atoms with Crippen molar-refractivity contribution in [3.8, 4) is 0 Å². The van der Waals surface area contributed by atoms with E-state index in [0.29, 0.717) is 12.3 Å². The van der Waals surface area contributed by atoms with E-state index in [2.05, 4.69) is 9.97 Å². The number of imidazole rings is 1. The molecule has 0 saturated carbocycles. The predicted octanol–water partition coefficient (Wildman–Crippen LogP) is 1.53. The summed E-state index contributed by atoms with van der Waals surface area (Å²) in [4.78, 5) is 6.41. The molecule has 1 aliphatic heterocycles. The van der Waals surface area contributed by atoms with E-state index in [-0.39, 0.29) is 11.1 Å². The molecular formula is C11H13N3O3S. The highest BCUT2D eigenvalue weighted by molar-refractivity contribution is 7.89. The number of rotatable bonds is 3. The van der Waals surface area contributed by atoms with Gasteiger partial charge in [0.2, 0.25) is 0 Å². The molecule has 0 amide bonds. The number of nitrogens with one attached hydrogen (secondary N) is 1. The molecule has 3 heterocycles. The van der Waals surface area contributed by atoms with Crippen molar-refractivity contribution in [2.45, 2.75) is 23.9 Å². The SMILES string of the molecule is O=S(=O)(c1cnc[nH]1)N1CCC[C@H]1c1ccco1. The number of hydrogen-bond acceptors (Lipinski definition) is 4. The second kappa shape index (κ2) is 4.25. The second-order valence-corrected chi connectivity index (χ2v) is 6.06. The number of aromatic amines is 1. The molecule has 0 spiro atoms. The molecule has 1 saturated heterocycles. The van der Waals surface area contributed by atoms with Crippen LogP contribution in [0.5, 0.6) is 0 Å². The molecular weight excluding hydrogens is 254 g/mol. The van der Waals surface area contributed by atoms with Crippen molar-refractivity contribution in [3.63, 3.8) is 0 Å². The Labute approximate surface area is 105 Å². The summed E-state index contributed by atoms with van der Waals surface area (Å²) in [7, 11) is -3.52. The highest BCUT2D eigenvalue weighted by Gasteiger charge is 2.38. The van der Waals surface area contributed by atoms with Gasteiger partial charge in [-0.1, -0.05) is 0 Å². The molecule has 2 aromatic rings. The van der Waals surface area contributed by atoms with Crippen LogP contribution in [0.4, 0.5) is 0 Å². The summed E-state index contributed by atoms with van der Waals surface area (Å²) in [6.07, 6.45) is 5.87. The first-order valence-corrected chi connectivity index (χ1v) is 7.17. The average molecular weight is 267 g/mol. The summed E-state index contributed by atoms with van der Waals surface area (Å²) in [5.74, 6) is 0.690. The maximum atomic E-state index is 12.4. The minimum Gasteiger partial charge on any atom is -0.468 e. The van der Waals surface area contributed by atoms with Gasteiger partial charge in [0.15, 0.2) is 5.03 Å². The van der Waals surface area contributed by atoms with Crippen molar-refractivity contribution in [2.24, 2.45) is 0 Å². The van der Waals surface area contributed by atoms with Crippen LogP contribution in [0.1, 0.15) is 24.6 Å². The van der Waals surface area contributed by atoms with Gasteiger partial charge in [-0.3, -0.25) is 0 Å². The molecule has 96 valence electrons. The highest BCUT2D eigenvalue weighted by atomic mass is 32.2. The molecule has 18 heavy (non-hydrogen) atoms. The topological polar surface area (TPSA) is 79.2 Å². The fraction of sp³-hybridized carbons (Fsp3) is 0.364. The predicted molar refractivity (Wildman–Crippen MR) is 63.2 cm³/mol. The largest absolute Gasteiger partial charge is 0.468 e. The van der Waals surface area contributed by atoms with Crippen LogP contribution < -0.4 is 0 Å². The third-order valence-corrected chi connectivity index (χ3v) is 4.97. The lowest BCUT2D eigenvalue weighted by atomic mass is 10.2. The van der Waals surface area contributed by atoms with Crippen LogP contribution in [0, 0.1) is 0 Å². The number of nitrogens with zero attached hydrogens (tertiary/aromatic N) is 2. The molecule has 1 aliphatic rings. The van der Waals surface area contributed by atoms with Crippen LogP contribution >= 0.6 is 0 Å². The first kappa shape index (κ1) is 11.5. The average Bonchev–Trinajstić information content (AvgIpc) is 3.11. The molecule has 0 bridgehead atoms. The van der Waals surface area contributed by atoms with Crippen LogP contribution in [-0.4, -0.2) is 29.2 Å². The quantitative estimate of drug-likeness (QED) is 0.914. The standard InChI is InChI=1S/C11H13N3O3S/c15-18(16,11-7-12-8-13-11)14-5-1-3-9(14)10-4-2-6-17-10/h2,4,6-9H,1,3,5H2,(H,12,13)/t9-/m0/s1. The highest BCUT2D eigenvalue weighted by Crippen LogP contribution is 2.36. The lowest BCUT2D eigenvalue weighted by Gasteiger charge is -2.21. The Hall–Kier alpha value is -1.60. The van der Waals surface area contributed by atoms with Gasteiger partial charge in [0.25, 0.3) is 10.0 Å². The molecule has 1 fully saturated rings. The summed E-state index contributed by atoms with van der Waals surface area (Å²) in [6, 6.07) is 3.37. The van der Waals surface area contributed by atoms with E-state index in [1.54, 1.807) is 12.3 Å². The molecule has 3 rings (SSSR count). The fourth-order valence-corrected chi connectivity index (χ4v) is 3.87. The van der Waals surface area contributed by atoms with E-state index >= 15 is 0 Å². The van der Waals surface area contributed by atoms with Crippen molar-refractivity contribution < 1.29 is 12.8 Å². The summed E-state index contributed by atoms with van der Waals surface area (Å²) < 4.78 is 31.6. The van der Waals surface area contributed by atoms with Gasteiger partial charge in [-0.05, 0) is 25.0 Å². The van der Waals surface area contributed by atoms with Gasteiger partial charge in [0.05, 0.1) is 24.8 Å². The lowest BCUT2D eigenvalue weighted by molar-refractivity contribution is 0.339. The third kappa shape index (κ3) is 1.75. The van der Waals surface area contributed by atoms with Gasteiger partial charge in [-0.15, -0.1) is 0 Å². The lowest BCUT2D eigenvalue weighted by Crippen LogP contribution is -2.30. The zero-order valence-corrected chi connectivity index (χ0v) is 10.4. The first-order chi connectivity index (χ1) is 8.69. The minimum absolute atomic E-state index is 0.126. The van der Waals surface area contributed by atoms with Crippen LogP contribution in [-0.2, 0) is 10.0 Å². The van der Waals surface area contributed by atoms with Crippen LogP contribution in [0.3, 0.4) is 0 Å². The molecule has 0 unspecified atom stereocenters. The zero-order valence-electron chi connectivity index (χ0n) is 9.61.